The van der Waals surface area contributed by atoms with Gasteiger partial charge in [0.05, 0.1) is 7.11 Å². The highest BCUT2D eigenvalue weighted by atomic mass is 19.4. The molecular weight excluding hydrogens is 275 g/mol. The molecule has 1 aromatic rings. The van der Waals surface area contributed by atoms with Crippen molar-refractivity contribution in [1.82, 2.24) is 5.32 Å². The lowest BCUT2D eigenvalue weighted by Gasteiger charge is -2.16. The van der Waals surface area contributed by atoms with Crippen LogP contribution in [0.4, 0.5) is 13.2 Å². The van der Waals surface area contributed by atoms with Crippen LogP contribution in [-0.4, -0.2) is 39.0 Å². The number of hydrogen-bond donors (Lipinski definition) is 1. The number of carbonyl (C=O) groups excluding carboxylic acids is 1. The first-order valence-corrected chi connectivity index (χ1v) is 5.89. The predicted octanol–water partition coefficient (Wildman–Crippen LogP) is 1.93. The fraction of sp³-hybridized carbons (Fsp3) is 0.462. The Morgan fingerprint density at radius 1 is 1.30 bits per heavy atom. The van der Waals surface area contributed by atoms with Crippen molar-refractivity contribution in [1.29, 1.82) is 0 Å². The van der Waals surface area contributed by atoms with E-state index in [4.69, 9.17) is 4.74 Å². The second-order valence-corrected chi connectivity index (χ2v) is 4.12. The maximum atomic E-state index is 12.0. The van der Waals surface area contributed by atoms with Crippen LogP contribution < -0.4 is 10.1 Å². The lowest BCUT2D eigenvalue weighted by Crippen LogP contribution is -2.39. The Kier molecular flexibility index (Phi) is 5.82. The van der Waals surface area contributed by atoms with Gasteiger partial charge in [-0.3, -0.25) is 4.79 Å². The molecular formula is C13H16F3NO3. The predicted molar refractivity (Wildman–Crippen MR) is 66.6 cm³/mol. The summed E-state index contributed by atoms with van der Waals surface area (Å²) >= 11 is 0. The molecule has 4 nitrogen and oxygen atoms in total. The molecule has 1 rings (SSSR count). The molecule has 0 aliphatic heterocycles. The normalized spacial score (nSPS) is 12.8. The molecule has 0 unspecified atom stereocenters. The molecule has 0 heterocycles. The van der Waals surface area contributed by atoms with Gasteiger partial charge in [-0.25, -0.2) is 0 Å². The van der Waals surface area contributed by atoms with Crippen molar-refractivity contribution in [2.45, 2.75) is 18.6 Å². The number of carbonyl (C=O) groups is 1. The Balaban J connectivity index is 2.59. The molecule has 0 amide bonds. The average Bonchev–Trinajstić information content (AvgIpc) is 2.42. The van der Waals surface area contributed by atoms with Gasteiger partial charge in [0.1, 0.15) is 11.8 Å². The molecule has 0 aliphatic rings. The van der Waals surface area contributed by atoms with Crippen LogP contribution in [0.25, 0.3) is 0 Å². The molecule has 1 aromatic carbocycles. The number of halogens is 3. The summed E-state index contributed by atoms with van der Waals surface area (Å²) in [6.45, 7) is -1.58. The monoisotopic (exact) mass is 291 g/mol. The van der Waals surface area contributed by atoms with Crippen LogP contribution in [0.5, 0.6) is 5.75 Å². The molecule has 20 heavy (non-hydrogen) atoms. The SMILES string of the molecule is CN[C@@H](Cc1ccc(OC)cc1)C(=O)OCC(F)(F)F. The lowest BCUT2D eigenvalue weighted by atomic mass is 10.1. The van der Waals surface area contributed by atoms with E-state index in [1.165, 1.54) is 14.2 Å². The van der Waals surface area contributed by atoms with Crippen LogP contribution in [0.3, 0.4) is 0 Å². The van der Waals surface area contributed by atoms with Crippen molar-refractivity contribution in [2.24, 2.45) is 0 Å². The number of esters is 1. The highest BCUT2D eigenvalue weighted by Gasteiger charge is 2.31. The van der Waals surface area contributed by atoms with E-state index in [0.717, 1.165) is 5.56 Å². The summed E-state index contributed by atoms with van der Waals surface area (Å²) in [6.07, 6.45) is -4.29. The second-order valence-electron chi connectivity index (χ2n) is 4.12. The van der Waals surface area contributed by atoms with Gasteiger partial charge in [0.25, 0.3) is 0 Å². The highest BCUT2D eigenvalue weighted by Crippen LogP contribution is 2.16. The minimum absolute atomic E-state index is 0.233. The van der Waals surface area contributed by atoms with Crippen molar-refractivity contribution in [2.75, 3.05) is 20.8 Å². The molecule has 0 aromatic heterocycles. The summed E-state index contributed by atoms with van der Waals surface area (Å²) in [5, 5.41) is 2.64. The van der Waals surface area contributed by atoms with Crippen molar-refractivity contribution in [3.05, 3.63) is 29.8 Å². The zero-order valence-electron chi connectivity index (χ0n) is 11.2. The minimum Gasteiger partial charge on any atom is -0.497 e. The number of alkyl halides is 3. The van der Waals surface area contributed by atoms with E-state index in [1.54, 1.807) is 24.3 Å². The number of likely N-dealkylation sites (N-methyl/N-ethyl adjacent to an activating group) is 1. The van der Waals surface area contributed by atoms with Gasteiger partial charge in [0, 0.05) is 0 Å². The fourth-order valence-corrected chi connectivity index (χ4v) is 1.55. The number of benzene rings is 1. The Hall–Kier alpha value is -1.76. The van der Waals surface area contributed by atoms with Gasteiger partial charge in [-0.15, -0.1) is 0 Å². The zero-order valence-corrected chi connectivity index (χ0v) is 11.2. The van der Waals surface area contributed by atoms with E-state index in [0.29, 0.717) is 5.75 Å². The van der Waals surface area contributed by atoms with Crippen LogP contribution in [0.2, 0.25) is 0 Å². The summed E-state index contributed by atoms with van der Waals surface area (Å²) in [5.74, 6) is -0.268. The topological polar surface area (TPSA) is 47.6 Å². The molecule has 0 saturated heterocycles. The fourth-order valence-electron chi connectivity index (χ4n) is 1.55. The second kappa shape index (κ2) is 7.14. The Morgan fingerprint density at radius 3 is 2.35 bits per heavy atom. The van der Waals surface area contributed by atoms with Crippen molar-refractivity contribution in [3.8, 4) is 5.75 Å². The smallest absolute Gasteiger partial charge is 0.422 e. The van der Waals surface area contributed by atoms with Crippen LogP contribution in [0.15, 0.2) is 24.3 Å². The summed E-state index contributed by atoms with van der Waals surface area (Å²) in [7, 11) is 3.02. The van der Waals surface area contributed by atoms with Gasteiger partial charge in [0.15, 0.2) is 6.61 Å². The molecule has 1 atom stereocenters. The van der Waals surface area contributed by atoms with Gasteiger partial charge in [-0.1, -0.05) is 12.1 Å². The van der Waals surface area contributed by atoms with Crippen LogP contribution in [-0.2, 0) is 16.0 Å². The van der Waals surface area contributed by atoms with Gasteiger partial charge in [0.2, 0.25) is 0 Å². The third-order valence-corrected chi connectivity index (χ3v) is 2.61. The zero-order chi connectivity index (χ0) is 15.2. The molecule has 7 heteroatoms. The van der Waals surface area contributed by atoms with E-state index in [1.807, 2.05) is 0 Å². The van der Waals surface area contributed by atoms with E-state index in [9.17, 15) is 18.0 Å². The molecule has 112 valence electrons. The Morgan fingerprint density at radius 2 is 1.90 bits per heavy atom. The quantitative estimate of drug-likeness (QED) is 0.814. The van der Waals surface area contributed by atoms with Crippen molar-refractivity contribution < 1.29 is 27.4 Å². The number of nitrogens with one attached hydrogen (secondary N) is 1. The maximum absolute atomic E-state index is 12.0. The van der Waals surface area contributed by atoms with Crippen LogP contribution in [0, 0.1) is 0 Å². The number of methoxy groups -OCH3 is 1. The Bertz CT molecular complexity index is 431. The summed E-state index contributed by atoms with van der Waals surface area (Å²) in [6, 6.07) is 6.07. The lowest BCUT2D eigenvalue weighted by molar-refractivity contribution is -0.187. The third-order valence-electron chi connectivity index (χ3n) is 2.61. The van der Waals surface area contributed by atoms with Crippen molar-refractivity contribution in [3.63, 3.8) is 0 Å². The number of hydrogen-bond acceptors (Lipinski definition) is 4. The van der Waals surface area contributed by atoms with Crippen LogP contribution >= 0.6 is 0 Å². The van der Waals surface area contributed by atoms with E-state index in [2.05, 4.69) is 10.1 Å². The van der Waals surface area contributed by atoms with Crippen molar-refractivity contribution >= 4 is 5.97 Å². The summed E-state index contributed by atoms with van der Waals surface area (Å²) in [4.78, 5) is 11.5. The summed E-state index contributed by atoms with van der Waals surface area (Å²) < 4.78 is 45.2. The average molecular weight is 291 g/mol. The van der Waals surface area contributed by atoms with Gasteiger partial charge in [-0.2, -0.15) is 13.2 Å². The molecule has 0 radical (unpaired) electrons. The number of ether oxygens (including phenoxy) is 2. The first kappa shape index (κ1) is 16.3. The van der Waals surface area contributed by atoms with E-state index < -0.39 is 24.8 Å². The van der Waals surface area contributed by atoms with Crippen LogP contribution in [0.1, 0.15) is 5.56 Å². The Labute approximate surface area is 114 Å². The molecule has 0 aliphatic carbocycles. The highest BCUT2D eigenvalue weighted by molar-refractivity contribution is 5.76. The van der Waals surface area contributed by atoms with E-state index >= 15 is 0 Å². The molecule has 0 saturated carbocycles. The molecule has 0 spiro atoms. The van der Waals surface area contributed by atoms with Gasteiger partial charge >= 0.3 is 12.1 Å². The third kappa shape index (κ3) is 5.48. The molecule has 1 N–H and O–H groups in total. The largest absolute Gasteiger partial charge is 0.497 e. The standard InChI is InChI=1S/C13H16F3NO3/c1-17-11(12(18)20-8-13(14,15)16)7-9-3-5-10(19-2)6-4-9/h3-6,11,17H,7-8H2,1-2H3/t11-/m0/s1. The van der Waals surface area contributed by atoms with Gasteiger partial charge < -0.3 is 14.8 Å². The van der Waals surface area contributed by atoms with Gasteiger partial charge in [-0.05, 0) is 31.2 Å². The summed E-state index contributed by atoms with van der Waals surface area (Å²) in [5.41, 5.74) is 0.786. The number of rotatable bonds is 6. The molecule has 0 fully saturated rings. The molecule has 0 bridgehead atoms. The minimum atomic E-state index is -4.52. The maximum Gasteiger partial charge on any atom is 0.422 e. The first-order valence-electron chi connectivity index (χ1n) is 5.89. The van der Waals surface area contributed by atoms with E-state index in [-0.39, 0.29) is 6.42 Å². The first-order chi connectivity index (χ1) is 9.35.